The van der Waals surface area contributed by atoms with Crippen molar-refractivity contribution in [2.75, 3.05) is 19.1 Å². The molecule has 0 aromatic rings. The van der Waals surface area contributed by atoms with E-state index < -0.39 is 35.1 Å². The van der Waals surface area contributed by atoms with E-state index in [1.165, 1.54) is 23.7 Å². The van der Waals surface area contributed by atoms with Crippen LogP contribution in [-0.2, 0) is 14.3 Å². The Morgan fingerprint density at radius 1 is 1.17 bits per heavy atom. The molecular weight excluding hydrogens is 330 g/mol. The van der Waals surface area contributed by atoms with Gasteiger partial charge in [-0.3, -0.25) is 9.59 Å². The average molecular weight is 362 g/mol. The standard InChI is InChI=1S/C16H31N3O4S/c1-15(2,3)11(12(17)20)19(7)13(21)10(9-24-8)18-14(22)23-16(4,5)6/h10-11H,9H2,1-8H3,(H2,17,20)(H,18,22)/t10-,11+/m0/s1. The minimum absolute atomic E-state index is 0.359. The number of rotatable bonds is 6. The van der Waals surface area contributed by atoms with E-state index >= 15 is 0 Å². The summed E-state index contributed by atoms with van der Waals surface area (Å²) < 4.78 is 5.20. The first-order chi connectivity index (χ1) is 10.7. The van der Waals surface area contributed by atoms with Crippen molar-refractivity contribution in [2.45, 2.75) is 59.2 Å². The van der Waals surface area contributed by atoms with Gasteiger partial charge in [0.2, 0.25) is 11.8 Å². The van der Waals surface area contributed by atoms with Gasteiger partial charge < -0.3 is 20.7 Å². The zero-order chi connectivity index (χ0) is 19.3. The molecule has 0 saturated carbocycles. The van der Waals surface area contributed by atoms with Gasteiger partial charge >= 0.3 is 6.09 Å². The second kappa shape index (κ2) is 8.60. The van der Waals surface area contributed by atoms with E-state index in [4.69, 9.17) is 10.5 Å². The molecule has 140 valence electrons. The number of nitrogens with two attached hydrogens (primary N) is 1. The van der Waals surface area contributed by atoms with Crippen LogP contribution in [0.4, 0.5) is 4.79 Å². The summed E-state index contributed by atoms with van der Waals surface area (Å²) in [5.74, 6) is -0.606. The monoisotopic (exact) mass is 361 g/mol. The van der Waals surface area contributed by atoms with Crippen molar-refractivity contribution < 1.29 is 19.1 Å². The van der Waals surface area contributed by atoms with Crippen molar-refractivity contribution >= 4 is 29.7 Å². The van der Waals surface area contributed by atoms with Crippen LogP contribution in [0.5, 0.6) is 0 Å². The molecule has 0 unspecified atom stereocenters. The summed E-state index contributed by atoms with van der Waals surface area (Å²) in [4.78, 5) is 37.8. The Morgan fingerprint density at radius 3 is 2.00 bits per heavy atom. The number of hydrogen-bond donors (Lipinski definition) is 2. The number of likely N-dealkylation sites (N-methyl/N-ethyl adjacent to an activating group) is 1. The van der Waals surface area contributed by atoms with Crippen LogP contribution in [0.15, 0.2) is 0 Å². The number of thioether (sulfide) groups is 1. The molecule has 0 saturated heterocycles. The van der Waals surface area contributed by atoms with E-state index in [2.05, 4.69) is 5.32 Å². The number of hydrogen-bond acceptors (Lipinski definition) is 5. The normalized spacial score (nSPS) is 14.5. The Labute approximate surface area is 149 Å². The molecule has 8 heteroatoms. The van der Waals surface area contributed by atoms with Crippen molar-refractivity contribution in [3.8, 4) is 0 Å². The average Bonchev–Trinajstić information content (AvgIpc) is 2.32. The lowest BCUT2D eigenvalue weighted by Gasteiger charge is -2.37. The summed E-state index contributed by atoms with van der Waals surface area (Å²) >= 11 is 1.41. The van der Waals surface area contributed by atoms with Crippen molar-refractivity contribution in [3.05, 3.63) is 0 Å². The van der Waals surface area contributed by atoms with Crippen molar-refractivity contribution in [2.24, 2.45) is 11.1 Å². The van der Waals surface area contributed by atoms with E-state index in [0.29, 0.717) is 5.75 Å². The molecule has 0 heterocycles. The van der Waals surface area contributed by atoms with E-state index in [0.717, 1.165) is 0 Å². The molecule has 0 bridgehead atoms. The summed E-state index contributed by atoms with van der Waals surface area (Å²) in [6, 6.07) is -1.58. The van der Waals surface area contributed by atoms with Crippen LogP contribution >= 0.6 is 11.8 Å². The van der Waals surface area contributed by atoms with Gasteiger partial charge in [-0.15, -0.1) is 0 Å². The zero-order valence-corrected chi connectivity index (χ0v) is 16.7. The summed E-state index contributed by atoms with van der Waals surface area (Å²) in [6.07, 6.45) is 1.15. The third kappa shape index (κ3) is 7.42. The molecule has 0 rings (SSSR count). The van der Waals surface area contributed by atoms with E-state index in [-0.39, 0.29) is 5.91 Å². The Bertz CT molecular complexity index is 469. The minimum atomic E-state index is -0.802. The SMILES string of the molecule is CSC[C@H](NC(=O)OC(C)(C)C)C(=O)N(C)[C@H](C(N)=O)C(C)(C)C. The predicted octanol–water partition coefficient (Wildman–Crippen LogP) is 1.60. The number of nitrogens with zero attached hydrogens (tertiary/aromatic N) is 1. The molecule has 2 atom stereocenters. The van der Waals surface area contributed by atoms with Crippen LogP contribution < -0.4 is 11.1 Å². The number of carbonyl (C=O) groups excluding carboxylic acids is 3. The van der Waals surface area contributed by atoms with Gasteiger partial charge in [0.1, 0.15) is 17.7 Å². The fourth-order valence-corrected chi connectivity index (χ4v) is 2.92. The van der Waals surface area contributed by atoms with Crippen molar-refractivity contribution in [3.63, 3.8) is 0 Å². The number of ether oxygens (including phenoxy) is 1. The van der Waals surface area contributed by atoms with Crippen LogP contribution in [0.2, 0.25) is 0 Å². The highest BCUT2D eigenvalue weighted by atomic mass is 32.2. The largest absolute Gasteiger partial charge is 0.444 e. The highest BCUT2D eigenvalue weighted by molar-refractivity contribution is 7.98. The van der Waals surface area contributed by atoms with E-state index in [1.807, 2.05) is 27.0 Å². The van der Waals surface area contributed by atoms with Crippen LogP contribution in [0.3, 0.4) is 0 Å². The van der Waals surface area contributed by atoms with Crippen molar-refractivity contribution in [1.82, 2.24) is 10.2 Å². The lowest BCUT2D eigenvalue weighted by molar-refractivity contribution is -0.142. The molecule has 0 aromatic heterocycles. The van der Waals surface area contributed by atoms with Gasteiger partial charge in [-0.1, -0.05) is 20.8 Å². The predicted molar refractivity (Wildman–Crippen MR) is 96.7 cm³/mol. The third-order valence-electron chi connectivity index (χ3n) is 3.15. The van der Waals surface area contributed by atoms with Crippen LogP contribution in [0, 0.1) is 5.41 Å². The number of alkyl carbamates (subject to hydrolysis) is 1. The summed E-state index contributed by atoms with van der Waals surface area (Å²) in [6.45, 7) is 10.7. The molecular formula is C16H31N3O4S. The smallest absolute Gasteiger partial charge is 0.408 e. The molecule has 0 fully saturated rings. The number of nitrogens with one attached hydrogen (secondary N) is 1. The van der Waals surface area contributed by atoms with Gasteiger partial charge in [-0.05, 0) is 32.4 Å². The van der Waals surface area contributed by atoms with Crippen LogP contribution in [0.1, 0.15) is 41.5 Å². The van der Waals surface area contributed by atoms with E-state index in [9.17, 15) is 14.4 Å². The molecule has 7 nitrogen and oxygen atoms in total. The minimum Gasteiger partial charge on any atom is -0.444 e. The highest BCUT2D eigenvalue weighted by Crippen LogP contribution is 2.24. The second-order valence-electron chi connectivity index (χ2n) is 7.77. The van der Waals surface area contributed by atoms with Crippen LogP contribution in [0.25, 0.3) is 0 Å². The van der Waals surface area contributed by atoms with Gasteiger partial charge in [0, 0.05) is 12.8 Å². The molecule has 0 aliphatic rings. The Balaban J connectivity index is 5.26. The first kappa shape index (κ1) is 22.6. The topological polar surface area (TPSA) is 102 Å². The second-order valence-corrected chi connectivity index (χ2v) is 8.68. The Morgan fingerprint density at radius 2 is 1.67 bits per heavy atom. The maximum atomic E-state index is 12.8. The third-order valence-corrected chi connectivity index (χ3v) is 3.81. The number of primary amides is 1. The van der Waals surface area contributed by atoms with E-state index in [1.54, 1.807) is 20.8 Å². The summed E-state index contributed by atoms with van der Waals surface area (Å²) in [5, 5.41) is 2.58. The fourth-order valence-electron chi connectivity index (χ4n) is 2.36. The van der Waals surface area contributed by atoms with Crippen molar-refractivity contribution in [1.29, 1.82) is 0 Å². The zero-order valence-electron chi connectivity index (χ0n) is 15.9. The van der Waals surface area contributed by atoms with Gasteiger partial charge in [0.15, 0.2) is 0 Å². The maximum Gasteiger partial charge on any atom is 0.408 e. The quantitative estimate of drug-likeness (QED) is 0.748. The Kier molecular flexibility index (Phi) is 8.08. The summed E-state index contributed by atoms with van der Waals surface area (Å²) in [5.41, 5.74) is 4.29. The van der Waals surface area contributed by atoms with Gasteiger partial charge in [-0.2, -0.15) is 11.8 Å². The molecule has 0 aliphatic heterocycles. The molecule has 0 aromatic carbocycles. The lowest BCUT2D eigenvalue weighted by atomic mass is 9.85. The number of carbonyl (C=O) groups is 3. The molecule has 0 spiro atoms. The fraction of sp³-hybridized carbons (Fsp3) is 0.812. The molecule has 0 radical (unpaired) electrons. The van der Waals surface area contributed by atoms with Crippen LogP contribution in [-0.4, -0.2) is 59.5 Å². The summed E-state index contributed by atoms with van der Waals surface area (Å²) in [7, 11) is 1.52. The maximum absolute atomic E-state index is 12.8. The van der Waals surface area contributed by atoms with Gasteiger partial charge in [0.25, 0.3) is 0 Å². The molecule has 3 amide bonds. The lowest BCUT2D eigenvalue weighted by Crippen LogP contribution is -2.58. The highest BCUT2D eigenvalue weighted by Gasteiger charge is 2.38. The number of amides is 3. The molecule has 3 N–H and O–H groups in total. The molecule has 0 aliphatic carbocycles. The molecule has 24 heavy (non-hydrogen) atoms. The van der Waals surface area contributed by atoms with Gasteiger partial charge in [-0.25, -0.2) is 4.79 Å². The van der Waals surface area contributed by atoms with Gasteiger partial charge in [0.05, 0.1) is 0 Å². The first-order valence-electron chi connectivity index (χ1n) is 7.75. The first-order valence-corrected chi connectivity index (χ1v) is 9.14. The Hall–Kier alpha value is -1.44.